The van der Waals surface area contributed by atoms with E-state index in [2.05, 4.69) is 10.6 Å². The van der Waals surface area contributed by atoms with Gasteiger partial charge in [-0.3, -0.25) is 10.1 Å². The molecule has 0 fully saturated rings. The second-order valence-electron chi connectivity index (χ2n) is 5.26. The number of rotatable bonds is 7. The molecule has 0 aliphatic carbocycles. The normalized spacial score (nSPS) is 10.7. The molecule has 0 saturated carbocycles. The molecular weight excluding hydrogens is 390 g/mol. The quantitative estimate of drug-likeness (QED) is 0.595. The van der Waals surface area contributed by atoms with Crippen LogP contribution in [-0.4, -0.2) is 32.7 Å². The maximum Gasteiger partial charge on any atom is 0.264 e. The van der Waals surface area contributed by atoms with Gasteiger partial charge in [0, 0.05) is 5.69 Å². The average molecular weight is 409 g/mol. The first-order valence-electron chi connectivity index (χ1n) is 7.87. The zero-order valence-electron chi connectivity index (χ0n) is 14.5. The highest BCUT2D eigenvalue weighted by atomic mass is 32.2. The van der Waals surface area contributed by atoms with Gasteiger partial charge >= 0.3 is 0 Å². The molecule has 27 heavy (non-hydrogen) atoms. The molecule has 4 N–H and O–H groups in total. The fraction of sp³-hybridized carbons (Fsp3) is 0.176. The summed E-state index contributed by atoms with van der Waals surface area (Å²) in [4.78, 5) is 11.9. The van der Waals surface area contributed by atoms with Crippen molar-refractivity contribution in [1.29, 1.82) is 0 Å². The van der Waals surface area contributed by atoms with E-state index in [1.54, 1.807) is 24.3 Å². The molecule has 0 aliphatic heterocycles. The van der Waals surface area contributed by atoms with Crippen LogP contribution in [0.5, 0.6) is 11.5 Å². The molecule has 10 heteroatoms. The molecule has 1 amide bonds. The summed E-state index contributed by atoms with van der Waals surface area (Å²) in [6.45, 7) is 2.23. The summed E-state index contributed by atoms with van der Waals surface area (Å²) >= 11 is 5.04. The molecule has 2 rings (SSSR count). The van der Waals surface area contributed by atoms with Gasteiger partial charge in [0.25, 0.3) is 5.91 Å². The largest absolute Gasteiger partial charge is 0.494 e. The highest BCUT2D eigenvalue weighted by Gasteiger charge is 2.09. The number of carbonyl (C=O) groups excluding carboxylic acids is 1. The minimum atomic E-state index is -3.76. The van der Waals surface area contributed by atoms with E-state index < -0.39 is 15.9 Å². The lowest BCUT2D eigenvalue weighted by Crippen LogP contribution is -2.37. The fourth-order valence-corrected chi connectivity index (χ4v) is 2.75. The van der Waals surface area contributed by atoms with E-state index in [-0.39, 0.29) is 16.6 Å². The van der Waals surface area contributed by atoms with E-state index >= 15 is 0 Å². The third-order valence-corrected chi connectivity index (χ3v) is 4.33. The van der Waals surface area contributed by atoms with E-state index in [9.17, 15) is 13.2 Å². The third-order valence-electron chi connectivity index (χ3n) is 3.20. The lowest BCUT2D eigenvalue weighted by atomic mass is 10.3. The monoisotopic (exact) mass is 409 g/mol. The van der Waals surface area contributed by atoms with Gasteiger partial charge in [-0.15, -0.1) is 0 Å². The smallest absolute Gasteiger partial charge is 0.264 e. The fourth-order valence-electron chi connectivity index (χ4n) is 2.00. The van der Waals surface area contributed by atoms with Crippen molar-refractivity contribution in [2.45, 2.75) is 11.8 Å². The predicted molar refractivity (Wildman–Crippen MR) is 105 cm³/mol. The summed E-state index contributed by atoms with van der Waals surface area (Å²) < 4.78 is 33.1. The summed E-state index contributed by atoms with van der Waals surface area (Å²) in [7, 11) is -3.76. The Bertz CT molecular complexity index is 897. The number of ether oxygens (including phenoxy) is 2. The van der Waals surface area contributed by atoms with Crippen molar-refractivity contribution in [2.24, 2.45) is 5.14 Å². The van der Waals surface area contributed by atoms with Crippen molar-refractivity contribution < 1.29 is 22.7 Å². The van der Waals surface area contributed by atoms with Crippen LogP contribution in [0.25, 0.3) is 0 Å². The number of nitrogens with one attached hydrogen (secondary N) is 2. The van der Waals surface area contributed by atoms with Crippen molar-refractivity contribution in [3.05, 3.63) is 48.5 Å². The Morgan fingerprint density at radius 3 is 2.11 bits per heavy atom. The molecule has 0 heterocycles. The van der Waals surface area contributed by atoms with Gasteiger partial charge in [0.05, 0.1) is 11.5 Å². The van der Waals surface area contributed by atoms with Crippen molar-refractivity contribution in [3.63, 3.8) is 0 Å². The minimum Gasteiger partial charge on any atom is -0.494 e. The number of nitrogens with two attached hydrogens (primary N) is 1. The Morgan fingerprint density at radius 1 is 1.04 bits per heavy atom. The second kappa shape index (κ2) is 9.31. The molecule has 0 radical (unpaired) electrons. The first-order valence-corrected chi connectivity index (χ1v) is 9.82. The minimum absolute atomic E-state index is 0.0215. The van der Waals surface area contributed by atoms with Gasteiger partial charge in [0.2, 0.25) is 10.0 Å². The maximum absolute atomic E-state index is 11.9. The Kier molecular flexibility index (Phi) is 7.11. The lowest BCUT2D eigenvalue weighted by molar-refractivity contribution is -0.121. The number of benzene rings is 2. The van der Waals surface area contributed by atoms with Crippen LogP contribution in [0.15, 0.2) is 53.4 Å². The Labute approximate surface area is 162 Å². The van der Waals surface area contributed by atoms with Crippen molar-refractivity contribution in [2.75, 3.05) is 18.5 Å². The van der Waals surface area contributed by atoms with Crippen LogP contribution < -0.4 is 25.2 Å². The van der Waals surface area contributed by atoms with Crippen LogP contribution in [0.3, 0.4) is 0 Å². The Morgan fingerprint density at radius 2 is 1.59 bits per heavy atom. The zero-order chi connectivity index (χ0) is 19.9. The van der Waals surface area contributed by atoms with Crippen molar-refractivity contribution in [1.82, 2.24) is 5.32 Å². The highest BCUT2D eigenvalue weighted by Crippen LogP contribution is 2.17. The molecule has 144 valence electrons. The Hall–Kier alpha value is -2.69. The van der Waals surface area contributed by atoms with Gasteiger partial charge in [0.15, 0.2) is 11.7 Å². The summed E-state index contributed by atoms with van der Waals surface area (Å²) in [6.07, 6.45) is 0. The van der Waals surface area contributed by atoms with Crippen LogP contribution in [0.4, 0.5) is 5.69 Å². The van der Waals surface area contributed by atoms with Crippen LogP contribution in [0, 0.1) is 0 Å². The average Bonchev–Trinajstić information content (AvgIpc) is 2.61. The number of thiocarbonyl (C=S) groups is 1. The van der Waals surface area contributed by atoms with E-state index in [0.717, 1.165) is 0 Å². The highest BCUT2D eigenvalue weighted by molar-refractivity contribution is 7.89. The summed E-state index contributed by atoms with van der Waals surface area (Å²) in [5.41, 5.74) is 0.500. The number of primary sulfonamides is 1. The molecule has 8 nitrogen and oxygen atoms in total. The van der Waals surface area contributed by atoms with Gasteiger partial charge in [0.1, 0.15) is 11.5 Å². The molecule has 0 aromatic heterocycles. The van der Waals surface area contributed by atoms with E-state index in [1.165, 1.54) is 24.3 Å². The number of hydrogen-bond donors (Lipinski definition) is 3. The summed E-state index contributed by atoms with van der Waals surface area (Å²) in [5.74, 6) is 0.793. The SMILES string of the molecule is CCOc1ccc(OCC(=O)NC(=S)Nc2ccc(S(N)(=O)=O)cc2)cc1. The molecule has 2 aromatic carbocycles. The molecule has 0 spiro atoms. The van der Waals surface area contributed by atoms with Crippen molar-refractivity contribution in [3.8, 4) is 11.5 Å². The standard InChI is InChI=1S/C17H19N3O5S2/c1-2-24-13-5-7-14(8-6-13)25-11-16(21)20-17(26)19-12-3-9-15(10-4-12)27(18,22)23/h3-10H,2,11H2,1H3,(H2,18,22,23)(H2,19,20,21,26). The molecular formula is C17H19N3O5S2. The number of sulfonamides is 1. The van der Waals surface area contributed by atoms with Crippen LogP contribution in [0.2, 0.25) is 0 Å². The molecule has 0 saturated heterocycles. The van der Waals surface area contributed by atoms with E-state index in [0.29, 0.717) is 23.8 Å². The van der Waals surface area contributed by atoms with Gasteiger partial charge in [-0.1, -0.05) is 0 Å². The summed E-state index contributed by atoms with van der Waals surface area (Å²) in [6, 6.07) is 12.5. The maximum atomic E-state index is 11.9. The molecule has 0 atom stereocenters. The van der Waals surface area contributed by atoms with Gasteiger partial charge in [-0.25, -0.2) is 13.6 Å². The topological polar surface area (TPSA) is 120 Å². The third kappa shape index (κ3) is 6.85. The number of anilines is 1. The van der Waals surface area contributed by atoms with Crippen LogP contribution in [0.1, 0.15) is 6.92 Å². The Balaban J connectivity index is 1.80. The van der Waals surface area contributed by atoms with Crippen LogP contribution in [-0.2, 0) is 14.8 Å². The van der Waals surface area contributed by atoms with Crippen molar-refractivity contribution >= 4 is 38.9 Å². The van der Waals surface area contributed by atoms with E-state index in [1.807, 2.05) is 6.92 Å². The second-order valence-corrected chi connectivity index (χ2v) is 7.23. The predicted octanol–water partition coefficient (Wildman–Crippen LogP) is 1.62. The molecule has 0 bridgehead atoms. The van der Waals surface area contributed by atoms with E-state index in [4.69, 9.17) is 26.8 Å². The van der Waals surface area contributed by atoms with Crippen LogP contribution >= 0.6 is 12.2 Å². The van der Waals surface area contributed by atoms with Gasteiger partial charge in [-0.05, 0) is 67.7 Å². The molecule has 2 aromatic rings. The lowest BCUT2D eigenvalue weighted by Gasteiger charge is -2.11. The first-order chi connectivity index (χ1) is 12.8. The molecule has 0 aliphatic rings. The van der Waals surface area contributed by atoms with Gasteiger partial charge < -0.3 is 14.8 Å². The zero-order valence-corrected chi connectivity index (χ0v) is 16.1. The molecule has 0 unspecified atom stereocenters. The number of carbonyl (C=O) groups is 1. The summed E-state index contributed by atoms with van der Waals surface area (Å²) in [5, 5.41) is 10.3. The first kappa shape index (κ1) is 20.6. The number of hydrogen-bond acceptors (Lipinski definition) is 6. The van der Waals surface area contributed by atoms with Gasteiger partial charge in [-0.2, -0.15) is 0 Å². The number of amides is 1.